The zero-order valence-electron chi connectivity index (χ0n) is 9.01. The molecule has 0 aromatic heterocycles. The minimum absolute atomic E-state index is 0.509. The van der Waals surface area contributed by atoms with Crippen molar-refractivity contribution in [3.8, 4) is 5.75 Å². The molecule has 0 spiro atoms. The van der Waals surface area contributed by atoms with Crippen LogP contribution < -0.4 is 4.74 Å². The Kier molecular flexibility index (Phi) is 4.27. The molecule has 0 fully saturated rings. The van der Waals surface area contributed by atoms with Crippen molar-refractivity contribution in [2.45, 2.75) is 26.7 Å². The van der Waals surface area contributed by atoms with Crippen LogP contribution in [0.25, 0.3) is 0 Å². The van der Waals surface area contributed by atoms with Crippen molar-refractivity contribution in [1.29, 1.82) is 0 Å². The van der Waals surface area contributed by atoms with E-state index in [-0.39, 0.29) is 0 Å². The van der Waals surface area contributed by atoms with Gasteiger partial charge in [0.2, 0.25) is 0 Å². The van der Waals surface area contributed by atoms with Gasteiger partial charge in [-0.15, -0.1) is 11.6 Å². The van der Waals surface area contributed by atoms with Crippen molar-refractivity contribution < 1.29 is 4.74 Å². The first-order chi connectivity index (χ1) is 6.63. The van der Waals surface area contributed by atoms with E-state index in [1.807, 2.05) is 12.1 Å². The Labute approximate surface area is 91.0 Å². The number of halogens is 1. The molecule has 0 saturated heterocycles. The van der Waals surface area contributed by atoms with Crippen LogP contribution in [0, 0.1) is 12.8 Å². The maximum absolute atomic E-state index is 5.84. The van der Waals surface area contributed by atoms with Crippen LogP contribution in [0.3, 0.4) is 0 Å². The van der Waals surface area contributed by atoms with E-state index >= 15 is 0 Å². The van der Waals surface area contributed by atoms with Gasteiger partial charge in [-0.1, -0.05) is 31.5 Å². The fourth-order valence-corrected chi connectivity index (χ4v) is 1.42. The quantitative estimate of drug-likeness (QED) is 0.691. The Morgan fingerprint density at radius 1 is 1.36 bits per heavy atom. The van der Waals surface area contributed by atoms with Gasteiger partial charge in [0.15, 0.2) is 0 Å². The molecule has 0 unspecified atom stereocenters. The summed E-state index contributed by atoms with van der Waals surface area (Å²) in [5.41, 5.74) is 2.30. The van der Waals surface area contributed by atoms with Crippen molar-refractivity contribution in [1.82, 2.24) is 0 Å². The first kappa shape index (κ1) is 11.4. The number of aryl methyl sites for hydroxylation is 1. The summed E-state index contributed by atoms with van der Waals surface area (Å²) in [6.45, 7) is 7.07. The summed E-state index contributed by atoms with van der Waals surface area (Å²) >= 11 is 5.84. The van der Waals surface area contributed by atoms with Gasteiger partial charge in [-0.2, -0.15) is 0 Å². The van der Waals surface area contributed by atoms with Crippen LogP contribution in [-0.2, 0) is 5.88 Å². The molecule has 0 bridgehead atoms. The molecule has 0 amide bonds. The zero-order chi connectivity index (χ0) is 10.6. The number of ether oxygens (including phenoxy) is 1. The summed E-state index contributed by atoms with van der Waals surface area (Å²) in [6, 6.07) is 6.11. The second-order valence-corrected chi connectivity index (χ2v) is 4.22. The minimum Gasteiger partial charge on any atom is -0.493 e. The lowest BCUT2D eigenvalue weighted by Crippen LogP contribution is -2.05. The van der Waals surface area contributed by atoms with Crippen molar-refractivity contribution in [3.05, 3.63) is 29.3 Å². The van der Waals surface area contributed by atoms with Gasteiger partial charge in [0.1, 0.15) is 5.75 Å². The van der Waals surface area contributed by atoms with Gasteiger partial charge in [0.25, 0.3) is 0 Å². The molecule has 0 atom stereocenters. The molecular weight excluding hydrogens is 196 g/mol. The fraction of sp³-hybridized carbons (Fsp3) is 0.500. The molecule has 1 aromatic carbocycles. The van der Waals surface area contributed by atoms with Gasteiger partial charge >= 0.3 is 0 Å². The van der Waals surface area contributed by atoms with Crippen molar-refractivity contribution in [3.63, 3.8) is 0 Å². The van der Waals surface area contributed by atoms with E-state index in [0.29, 0.717) is 11.8 Å². The Hall–Kier alpha value is -0.690. The van der Waals surface area contributed by atoms with E-state index < -0.39 is 0 Å². The summed E-state index contributed by atoms with van der Waals surface area (Å²) in [6.07, 6.45) is 0. The highest BCUT2D eigenvalue weighted by atomic mass is 35.5. The SMILES string of the molecule is Cc1ccc(OCC(C)C)c(CCl)c1. The second-order valence-electron chi connectivity index (χ2n) is 3.95. The lowest BCUT2D eigenvalue weighted by atomic mass is 10.1. The number of hydrogen-bond acceptors (Lipinski definition) is 1. The standard InChI is InChI=1S/C12H17ClO/c1-9(2)8-14-12-5-4-10(3)6-11(12)7-13/h4-6,9H,7-8H2,1-3H3. The van der Waals surface area contributed by atoms with Crippen LogP contribution in [0.1, 0.15) is 25.0 Å². The third-order valence-corrected chi connectivity index (χ3v) is 2.22. The van der Waals surface area contributed by atoms with Crippen molar-refractivity contribution in [2.24, 2.45) is 5.92 Å². The highest BCUT2D eigenvalue weighted by molar-refractivity contribution is 6.17. The van der Waals surface area contributed by atoms with Crippen molar-refractivity contribution >= 4 is 11.6 Å². The van der Waals surface area contributed by atoms with Gasteiger partial charge in [0.05, 0.1) is 12.5 Å². The highest BCUT2D eigenvalue weighted by Gasteiger charge is 2.03. The molecular formula is C12H17ClO. The van der Waals surface area contributed by atoms with E-state index in [1.165, 1.54) is 5.56 Å². The first-order valence-electron chi connectivity index (χ1n) is 4.91. The van der Waals surface area contributed by atoms with Gasteiger partial charge in [0, 0.05) is 5.56 Å². The Morgan fingerprint density at radius 3 is 2.64 bits per heavy atom. The third-order valence-electron chi connectivity index (χ3n) is 1.93. The average Bonchev–Trinajstić information content (AvgIpc) is 2.15. The number of alkyl halides is 1. The van der Waals surface area contributed by atoms with Crippen LogP contribution >= 0.6 is 11.6 Å². The number of hydrogen-bond donors (Lipinski definition) is 0. The van der Waals surface area contributed by atoms with Crippen LogP contribution in [0.4, 0.5) is 0 Å². The molecule has 0 aliphatic heterocycles. The number of rotatable bonds is 4. The lowest BCUT2D eigenvalue weighted by molar-refractivity contribution is 0.269. The summed E-state index contributed by atoms with van der Waals surface area (Å²) in [7, 11) is 0. The van der Waals surface area contributed by atoms with Crippen LogP contribution in [0.2, 0.25) is 0 Å². The summed E-state index contributed by atoms with van der Waals surface area (Å²) in [5.74, 6) is 1.97. The van der Waals surface area contributed by atoms with Gasteiger partial charge in [-0.25, -0.2) is 0 Å². The summed E-state index contributed by atoms with van der Waals surface area (Å²) in [5, 5.41) is 0. The molecule has 1 rings (SSSR count). The van der Waals surface area contributed by atoms with Gasteiger partial charge in [-0.05, 0) is 18.9 Å². The first-order valence-corrected chi connectivity index (χ1v) is 5.45. The normalized spacial score (nSPS) is 10.6. The maximum Gasteiger partial charge on any atom is 0.123 e. The summed E-state index contributed by atoms with van der Waals surface area (Å²) < 4.78 is 5.66. The average molecular weight is 213 g/mol. The third kappa shape index (κ3) is 3.22. The molecule has 1 nitrogen and oxygen atoms in total. The van der Waals surface area contributed by atoms with E-state index in [4.69, 9.17) is 16.3 Å². The molecule has 0 N–H and O–H groups in total. The number of benzene rings is 1. The molecule has 14 heavy (non-hydrogen) atoms. The van der Waals surface area contributed by atoms with E-state index in [2.05, 4.69) is 26.8 Å². The maximum atomic E-state index is 5.84. The Morgan fingerprint density at radius 2 is 2.07 bits per heavy atom. The van der Waals surface area contributed by atoms with Crippen LogP contribution in [0.15, 0.2) is 18.2 Å². The molecule has 2 heteroatoms. The van der Waals surface area contributed by atoms with E-state index in [0.717, 1.165) is 17.9 Å². The molecule has 78 valence electrons. The molecule has 0 aliphatic rings. The summed E-state index contributed by atoms with van der Waals surface area (Å²) in [4.78, 5) is 0. The minimum atomic E-state index is 0.509. The van der Waals surface area contributed by atoms with Crippen LogP contribution in [0.5, 0.6) is 5.75 Å². The smallest absolute Gasteiger partial charge is 0.123 e. The predicted molar refractivity (Wildman–Crippen MR) is 61.1 cm³/mol. The molecule has 0 heterocycles. The van der Waals surface area contributed by atoms with E-state index in [9.17, 15) is 0 Å². The topological polar surface area (TPSA) is 9.23 Å². The second kappa shape index (κ2) is 5.26. The van der Waals surface area contributed by atoms with Crippen LogP contribution in [-0.4, -0.2) is 6.61 Å². The largest absolute Gasteiger partial charge is 0.493 e. The monoisotopic (exact) mass is 212 g/mol. The molecule has 0 saturated carbocycles. The molecule has 0 aliphatic carbocycles. The Bertz CT molecular complexity index is 294. The molecule has 0 radical (unpaired) electrons. The Balaban J connectivity index is 2.75. The van der Waals surface area contributed by atoms with Crippen molar-refractivity contribution in [2.75, 3.05) is 6.61 Å². The molecule has 1 aromatic rings. The highest BCUT2D eigenvalue weighted by Crippen LogP contribution is 2.22. The lowest BCUT2D eigenvalue weighted by Gasteiger charge is -2.12. The van der Waals surface area contributed by atoms with E-state index in [1.54, 1.807) is 0 Å². The van der Waals surface area contributed by atoms with Gasteiger partial charge in [-0.3, -0.25) is 0 Å². The fourth-order valence-electron chi connectivity index (χ4n) is 1.21. The predicted octanol–water partition coefficient (Wildman–Crippen LogP) is 3.77. The van der Waals surface area contributed by atoms with Gasteiger partial charge < -0.3 is 4.74 Å². The zero-order valence-corrected chi connectivity index (χ0v) is 9.77.